The highest BCUT2D eigenvalue weighted by Crippen LogP contribution is 2.33. The van der Waals surface area contributed by atoms with E-state index in [-0.39, 0.29) is 30.8 Å². The molecule has 3 aromatic carbocycles. The first-order chi connectivity index (χ1) is 20.9. The van der Waals surface area contributed by atoms with Crippen molar-refractivity contribution < 1.29 is 9.53 Å². The molecule has 1 amide bonds. The number of piperidine rings is 1. The highest BCUT2D eigenvalue weighted by Gasteiger charge is 2.24. The Balaban J connectivity index is 0.00000442. The molecule has 0 unspecified atom stereocenters. The van der Waals surface area contributed by atoms with Gasteiger partial charge in [0.05, 0.1) is 22.6 Å². The summed E-state index contributed by atoms with van der Waals surface area (Å²) in [5, 5.41) is 1.01. The van der Waals surface area contributed by atoms with E-state index in [1.807, 2.05) is 79.6 Å². The summed E-state index contributed by atoms with van der Waals surface area (Å²) in [5.74, 6) is 1.49. The van der Waals surface area contributed by atoms with Crippen molar-refractivity contribution in [3.8, 4) is 5.75 Å². The molecule has 3 aromatic rings. The summed E-state index contributed by atoms with van der Waals surface area (Å²) in [4.78, 5) is 18.3. The van der Waals surface area contributed by atoms with Crippen molar-refractivity contribution in [3.63, 3.8) is 0 Å². The van der Waals surface area contributed by atoms with Crippen LogP contribution in [0.4, 0.5) is 0 Å². The number of hydrogen-bond donors (Lipinski definition) is 0. The largest absolute Gasteiger partial charge is 0.491 e. The van der Waals surface area contributed by atoms with E-state index in [1.54, 1.807) is 0 Å². The Bertz CT molecular complexity index is 1490. The lowest BCUT2D eigenvalue weighted by atomic mass is 9.90. The van der Waals surface area contributed by atoms with Gasteiger partial charge in [0.25, 0.3) is 0 Å². The van der Waals surface area contributed by atoms with Gasteiger partial charge in [0, 0.05) is 30.4 Å². The van der Waals surface area contributed by atoms with Gasteiger partial charge in [-0.05, 0) is 99.1 Å². The van der Waals surface area contributed by atoms with Crippen LogP contribution in [0.25, 0.3) is 5.57 Å². The van der Waals surface area contributed by atoms with Gasteiger partial charge >= 0.3 is 0 Å². The molecule has 0 spiro atoms. The number of ether oxygens (including phenoxy) is 1. The normalized spacial score (nSPS) is 15.8. The maximum absolute atomic E-state index is 13.9. The molecule has 4 nitrogen and oxygen atoms in total. The van der Waals surface area contributed by atoms with E-state index in [9.17, 15) is 4.79 Å². The molecule has 2 heterocycles. The maximum Gasteiger partial charge on any atom is 0.235 e. The van der Waals surface area contributed by atoms with Crippen LogP contribution in [0.1, 0.15) is 49.8 Å². The lowest BCUT2D eigenvalue weighted by Gasteiger charge is -2.33. The van der Waals surface area contributed by atoms with Crippen LogP contribution < -0.4 is 4.74 Å². The van der Waals surface area contributed by atoms with Gasteiger partial charge in [-0.2, -0.15) is 0 Å². The fraction of sp³-hybridized carbons (Fsp3) is 0.324. The highest BCUT2D eigenvalue weighted by molar-refractivity contribution is 6.42. The van der Waals surface area contributed by atoms with Crippen LogP contribution in [0.2, 0.25) is 10.0 Å². The van der Waals surface area contributed by atoms with Crippen molar-refractivity contribution in [2.75, 3.05) is 19.6 Å². The topological polar surface area (TPSA) is 32.8 Å². The van der Waals surface area contributed by atoms with E-state index in [4.69, 9.17) is 27.9 Å². The second-order valence-electron chi connectivity index (χ2n) is 11.7. The molecule has 0 N–H and O–H groups in total. The minimum absolute atomic E-state index is 0. The van der Waals surface area contributed by atoms with Crippen LogP contribution in [0, 0.1) is 5.92 Å². The molecule has 0 bridgehead atoms. The van der Waals surface area contributed by atoms with Gasteiger partial charge in [0.1, 0.15) is 5.75 Å². The van der Waals surface area contributed by atoms with E-state index in [1.165, 1.54) is 18.4 Å². The van der Waals surface area contributed by atoms with Crippen LogP contribution in [0.5, 0.6) is 5.75 Å². The smallest absolute Gasteiger partial charge is 0.235 e. The van der Waals surface area contributed by atoms with Crippen molar-refractivity contribution in [2.45, 2.75) is 52.1 Å². The van der Waals surface area contributed by atoms with E-state index in [2.05, 4.69) is 41.3 Å². The Kier molecular flexibility index (Phi) is 12.6. The molecular formula is C37H41Cl3N2O2. The molecule has 5 rings (SSSR count). The molecular weight excluding hydrogens is 611 g/mol. The van der Waals surface area contributed by atoms with Crippen LogP contribution >= 0.6 is 35.6 Å². The number of carbonyl (C=O) groups is 1. The van der Waals surface area contributed by atoms with E-state index >= 15 is 0 Å². The van der Waals surface area contributed by atoms with Gasteiger partial charge < -0.3 is 9.64 Å². The maximum atomic E-state index is 13.9. The van der Waals surface area contributed by atoms with Gasteiger partial charge in [-0.15, -0.1) is 12.4 Å². The molecule has 0 saturated carbocycles. The zero-order valence-electron chi connectivity index (χ0n) is 25.4. The van der Waals surface area contributed by atoms with Crippen molar-refractivity contribution in [2.24, 2.45) is 5.92 Å². The summed E-state index contributed by atoms with van der Waals surface area (Å²) in [6.45, 7) is 7.01. The third-order valence-electron chi connectivity index (χ3n) is 8.07. The Morgan fingerprint density at radius 2 is 1.66 bits per heavy atom. The fourth-order valence-corrected chi connectivity index (χ4v) is 6.20. The first-order valence-corrected chi connectivity index (χ1v) is 16.0. The number of nitrogens with zero attached hydrogens (tertiary/aromatic N) is 2. The molecule has 0 radical (unpaired) electrons. The van der Waals surface area contributed by atoms with Crippen molar-refractivity contribution >= 4 is 47.1 Å². The zero-order valence-corrected chi connectivity index (χ0v) is 27.8. The molecule has 0 aromatic heterocycles. The number of likely N-dealkylation sites (tertiary alicyclic amines) is 1. The number of rotatable bonds is 10. The Morgan fingerprint density at radius 1 is 0.909 bits per heavy atom. The molecule has 7 heteroatoms. The second-order valence-corrected chi connectivity index (χ2v) is 12.5. The average Bonchev–Trinajstić information content (AvgIpc) is 3.21. The molecule has 1 fully saturated rings. The number of amides is 1. The molecule has 0 atom stereocenters. The number of halogens is 3. The summed E-state index contributed by atoms with van der Waals surface area (Å²) in [6, 6.07) is 24.3. The second kappa shape index (κ2) is 16.3. The van der Waals surface area contributed by atoms with Crippen molar-refractivity contribution in [1.29, 1.82) is 0 Å². The number of hydrogen-bond acceptors (Lipinski definition) is 3. The molecule has 2 aliphatic rings. The summed E-state index contributed by atoms with van der Waals surface area (Å²) in [7, 11) is 0. The molecule has 1 saturated heterocycles. The first kappa shape index (κ1) is 33.9. The minimum atomic E-state index is 0. The third-order valence-corrected chi connectivity index (χ3v) is 8.81. The average molecular weight is 652 g/mol. The number of allylic oxidation sites excluding steroid dienone is 4. The SMILES string of the molecule is CC(C)Oc1cccc(CC(=O)N2C=CC=CC(c3ccc(Cl)c(Cl)c3)=C2CCN2CCC(Cc3ccccc3)CC2)c1.Cl. The molecule has 0 aliphatic carbocycles. The van der Waals surface area contributed by atoms with Crippen LogP contribution in [0.3, 0.4) is 0 Å². The monoisotopic (exact) mass is 650 g/mol. The van der Waals surface area contributed by atoms with Crippen molar-refractivity contribution in [1.82, 2.24) is 9.80 Å². The predicted octanol–water partition coefficient (Wildman–Crippen LogP) is 9.41. The third kappa shape index (κ3) is 9.25. The van der Waals surface area contributed by atoms with Crippen LogP contribution in [-0.2, 0) is 17.6 Å². The number of carbonyl (C=O) groups excluding carboxylic acids is 1. The van der Waals surface area contributed by atoms with Gasteiger partial charge in [-0.25, -0.2) is 0 Å². The van der Waals surface area contributed by atoms with Crippen molar-refractivity contribution in [3.05, 3.63) is 130 Å². The lowest BCUT2D eigenvalue weighted by Crippen LogP contribution is -2.36. The van der Waals surface area contributed by atoms with Crippen LogP contribution in [0.15, 0.2) is 103 Å². The molecule has 2 aliphatic heterocycles. The van der Waals surface area contributed by atoms with Gasteiger partial charge in [-0.3, -0.25) is 9.69 Å². The molecule has 232 valence electrons. The lowest BCUT2D eigenvalue weighted by molar-refractivity contribution is -0.126. The van der Waals surface area contributed by atoms with Gasteiger partial charge in [-0.1, -0.05) is 83.9 Å². The summed E-state index contributed by atoms with van der Waals surface area (Å²) >= 11 is 12.7. The Labute approximate surface area is 278 Å². The number of benzene rings is 3. The van der Waals surface area contributed by atoms with E-state index in [0.717, 1.165) is 60.6 Å². The minimum Gasteiger partial charge on any atom is -0.491 e. The Morgan fingerprint density at radius 3 is 2.39 bits per heavy atom. The van der Waals surface area contributed by atoms with E-state index < -0.39 is 0 Å². The van der Waals surface area contributed by atoms with E-state index in [0.29, 0.717) is 16.0 Å². The fourth-order valence-electron chi connectivity index (χ4n) is 5.91. The molecule has 44 heavy (non-hydrogen) atoms. The zero-order chi connectivity index (χ0) is 30.2. The predicted molar refractivity (Wildman–Crippen MR) is 186 cm³/mol. The first-order valence-electron chi connectivity index (χ1n) is 15.2. The summed E-state index contributed by atoms with van der Waals surface area (Å²) in [5.41, 5.74) is 5.23. The van der Waals surface area contributed by atoms with Gasteiger partial charge in [0.15, 0.2) is 0 Å². The van der Waals surface area contributed by atoms with Crippen LogP contribution in [-0.4, -0.2) is 41.4 Å². The van der Waals surface area contributed by atoms with Gasteiger partial charge in [0.2, 0.25) is 5.91 Å². The summed E-state index contributed by atoms with van der Waals surface area (Å²) in [6.07, 6.45) is 12.4. The standard InChI is InChI=1S/C37H40Cl2N2O2.ClH/c1-27(2)43-32-12-8-11-30(24-32)25-37(42)41-19-7-6-13-33(31-14-15-34(38)35(39)26-31)36(41)18-22-40-20-16-29(17-21-40)23-28-9-4-3-5-10-28;/h3-15,19,24,26-27,29H,16-18,20-23,25H2,1-2H3;1H. The summed E-state index contributed by atoms with van der Waals surface area (Å²) < 4.78 is 5.88. The quantitative estimate of drug-likeness (QED) is 0.219. The Hall–Kier alpha value is -3.02. The highest BCUT2D eigenvalue weighted by atomic mass is 35.5.